The molecular formula is C21H26ClN7O2. The molecule has 3 amide bonds. The highest BCUT2D eigenvalue weighted by Gasteiger charge is 2.51. The Morgan fingerprint density at radius 2 is 1.94 bits per heavy atom. The van der Waals surface area contributed by atoms with Gasteiger partial charge in [0.15, 0.2) is 12.2 Å². The van der Waals surface area contributed by atoms with Crippen molar-refractivity contribution in [3.63, 3.8) is 0 Å². The number of guanidine groups is 1. The molecule has 1 aromatic carbocycles. The second kappa shape index (κ2) is 7.72. The van der Waals surface area contributed by atoms with E-state index in [0.717, 1.165) is 55.9 Å². The van der Waals surface area contributed by atoms with E-state index in [9.17, 15) is 9.59 Å². The summed E-state index contributed by atoms with van der Waals surface area (Å²) in [6, 6.07) is 7.10. The van der Waals surface area contributed by atoms with Gasteiger partial charge in [-0.15, -0.1) is 0 Å². The second-order valence-electron chi connectivity index (χ2n) is 8.33. The van der Waals surface area contributed by atoms with Gasteiger partial charge in [0.25, 0.3) is 5.91 Å². The summed E-state index contributed by atoms with van der Waals surface area (Å²) in [4.78, 5) is 39.4. The number of benzene rings is 1. The second-order valence-corrected chi connectivity index (χ2v) is 8.77. The molecule has 164 valence electrons. The van der Waals surface area contributed by atoms with Gasteiger partial charge in [0, 0.05) is 68.9 Å². The van der Waals surface area contributed by atoms with Crippen LogP contribution in [0.25, 0.3) is 0 Å². The third-order valence-corrected chi connectivity index (χ3v) is 6.69. The van der Waals surface area contributed by atoms with Crippen molar-refractivity contribution < 1.29 is 9.59 Å². The lowest BCUT2D eigenvalue weighted by molar-refractivity contribution is -0.126. The predicted octanol–water partition coefficient (Wildman–Crippen LogP) is 1.19. The van der Waals surface area contributed by atoms with Crippen LogP contribution in [0.15, 0.2) is 41.2 Å². The number of piperazine rings is 1. The summed E-state index contributed by atoms with van der Waals surface area (Å²) in [5, 5.41) is 3.18. The number of nitrogens with zero attached hydrogens (tertiary/aromatic N) is 6. The van der Waals surface area contributed by atoms with E-state index in [1.54, 1.807) is 7.05 Å². The van der Waals surface area contributed by atoms with Gasteiger partial charge in [-0.05, 0) is 25.1 Å². The number of carbonyl (C=O) groups is 2. The zero-order valence-electron chi connectivity index (χ0n) is 17.7. The van der Waals surface area contributed by atoms with E-state index < -0.39 is 18.2 Å². The van der Waals surface area contributed by atoms with Gasteiger partial charge in [-0.25, -0.2) is 9.79 Å². The number of aliphatic imine (C=N–C) groups is 1. The van der Waals surface area contributed by atoms with Crippen molar-refractivity contribution >= 4 is 35.2 Å². The van der Waals surface area contributed by atoms with Crippen LogP contribution >= 0.6 is 11.6 Å². The molecule has 4 aliphatic rings. The van der Waals surface area contributed by atoms with Gasteiger partial charge in [0.05, 0.1) is 0 Å². The Balaban J connectivity index is 1.20. The van der Waals surface area contributed by atoms with Gasteiger partial charge >= 0.3 is 6.03 Å². The van der Waals surface area contributed by atoms with E-state index in [1.807, 2.05) is 36.2 Å². The van der Waals surface area contributed by atoms with Gasteiger partial charge in [0.1, 0.15) is 0 Å². The third-order valence-electron chi connectivity index (χ3n) is 6.46. The van der Waals surface area contributed by atoms with Gasteiger partial charge in [-0.2, -0.15) is 0 Å². The molecule has 2 atom stereocenters. The van der Waals surface area contributed by atoms with Crippen molar-refractivity contribution in [2.24, 2.45) is 4.99 Å². The Kier molecular flexibility index (Phi) is 5.02. The first kappa shape index (κ1) is 20.1. The fourth-order valence-electron chi connectivity index (χ4n) is 4.67. The smallest absolute Gasteiger partial charge is 0.325 e. The lowest BCUT2D eigenvalue weighted by Gasteiger charge is -2.37. The number of urea groups is 1. The Bertz CT molecular complexity index is 972. The zero-order chi connectivity index (χ0) is 21.7. The van der Waals surface area contributed by atoms with Crippen molar-refractivity contribution in [1.82, 2.24) is 24.9 Å². The number of fused-ring (bicyclic) bond motifs is 3. The highest BCUT2D eigenvalue weighted by Crippen LogP contribution is 2.31. The highest BCUT2D eigenvalue weighted by atomic mass is 35.5. The van der Waals surface area contributed by atoms with Gasteiger partial charge < -0.3 is 19.6 Å². The lowest BCUT2D eigenvalue weighted by Crippen LogP contribution is -2.62. The van der Waals surface area contributed by atoms with Crippen LogP contribution in [0.3, 0.4) is 0 Å². The molecule has 2 fully saturated rings. The quantitative estimate of drug-likeness (QED) is 0.753. The van der Waals surface area contributed by atoms with E-state index in [-0.39, 0.29) is 5.91 Å². The Hall–Kier alpha value is -2.78. The number of likely N-dealkylation sites (N-methyl/N-ethyl adjacent to an activating group) is 1. The van der Waals surface area contributed by atoms with Crippen LogP contribution in [0.4, 0.5) is 10.5 Å². The topological polar surface area (TPSA) is 74.7 Å². The van der Waals surface area contributed by atoms with Gasteiger partial charge in [-0.1, -0.05) is 17.7 Å². The Morgan fingerprint density at radius 1 is 1.16 bits per heavy atom. The lowest BCUT2D eigenvalue weighted by atomic mass is 10.1. The molecule has 4 heterocycles. The first-order chi connectivity index (χ1) is 14.9. The molecule has 1 N–H and O–H groups in total. The molecule has 31 heavy (non-hydrogen) atoms. The number of allylic oxidation sites excluding steroid dienone is 1. The zero-order valence-corrected chi connectivity index (χ0v) is 18.4. The summed E-state index contributed by atoms with van der Waals surface area (Å²) >= 11 is 6.13. The van der Waals surface area contributed by atoms with E-state index in [2.05, 4.69) is 26.1 Å². The number of halogens is 1. The van der Waals surface area contributed by atoms with Crippen LogP contribution in [0, 0.1) is 0 Å². The minimum absolute atomic E-state index is 0.296. The number of anilines is 1. The van der Waals surface area contributed by atoms with Gasteiger partial charge in [-0.3, -0.25) is 15.0 Å². The fraction of sp³-hybridized carbons (Fsp3) is 0.476. The SMILES string of the molecule is CC1=CN2C(=NC3C2C(=O)NC(=O)N3C)N1CCN1CCN(c2cccc(Cl)c2)CC1. The Labute approximate surface area is 186 Å². The fourth-order valence-corrected chi connectivity index (χ4v) is 4.85. The van der Waals surface area contributed by atoms with Crippen LogP contribution < -0.4 is 10.2 Å². The summed E-state index contributed by atoms with van der Waals surface area (Å²) in [5.74, 6) is 0.455. The number of hydrogen-bond donors (Lipinski definition) is 1. The molecule has 0 saturated carbocycles. The molecule has 9 nitrogen and oxygen atoms in total. The van der Waals surface area contributed by atoms with Crippen LogP contribution in [0.2, 0.25) is 5.02 Å². The molecule has 1 aromatic rings. The van der Waals surface area contributed by atoms with Crippen LogP contribution in [-0.4, -0.2) is 96.0 Å². The number of hydrogen-bond acceptors (Lipinski definition) is 7. The number of imide groups is 1. The number of rotatable bonds is 4. The monoisotopic (exact) mass is 443 g/mol. The molecule has 2 saturated heterocycles. The van der Waals surface area contributed by atoms with Crippen molar-refractivity contribution in [3.8, 4) is 0 Å². The maximum Gasteiger partial charge on any atom is 0.325 e. The average molecular weight is 444 g/mol. The van der Waals surface area contributed by atoms with E-state index in [0.29, 0.717) is 0 Å². The summed E-state index contributed by atoms with van der Waals surface area (Å²) in [6.45, 7) is 7.58. The van der Waals surface area contributed by atoms with Crippen LogP contribution in [0.5, 0.6) is 0 Å². The maximum absolute atomic E-state index is 12.4. The van der Waals surface area contributed by atoms with Gasteiger partial charge in [0.2, 0.25) is 5.96 Å². The Morgan fingerprint density at radius 3 is 2.68 bits per heavy atom. The van der Waals surface area contributed by atoms with Crippen LogP contribution in [-0.2, 0) is 4.79 Å². The van der Waals surface area contributed by atoms with E-state index >= 15 is 0 Å². The molecule has 2 unspecified atom stereocenters. The minimum Gasteiger partial charge on any atom is -0.369 e. The molecule has 5 rings (SSSR count). The van der Waals surface area contributed by atoms with E-state index in [1.165, 1.54) is 10.6 Å². The number of carbonyl (C=O) groups excluding carboxylic acids is 2. The summed E-state index contributed by atoms with van der Waals surface area (Å²) < 4.78 is 0. The summed E-state index contributed by atoms with van der Waals surface area (Å²) in [6.07, 6.45) is 1.48. The molecule has 0 spiro atoms. The first-order valence-electron chi connectivity index (χ1n) is 10.5. The molecule has 0 radical (unpaired) electrons. The van der Waals surface area contributed by atoms with Crippen molar-refractivity contribution in [2.45, 2.75) is 19.1 Å². The summed E-state index contributed by atoms with van der Waals surface area (Å²) in [5.41, 5.74) is 2.23. The molecular weight excluding hydrogens is 418 g/mol. The first-order valence-corrected chi connectivity index (χ1v) is 10.9. The highest BCUT2D eigenvalue weighted by molar-refractivity contribution is 6.30. The predicted molar refractivity (Wildman–Crippen MR) is 119 cm³/mol. The molecule has 0 aliphatic carbocycles. The van der Waals surface area contributed by atoms with Crippen molar-refractivity contribution in [3.05, 3.63) is 41.2 Å². The molecule has 0 bridgehead atoms. The minimum atomic E-state index is -0.501. The average Bonchev–Trinajstić information content (AvgIpc) is 3.26. The van der Waals surface area contributed by atoms with Crippen molar-refractivity contribution in [2.75, 3.05) is 51.2 Å². The molecule has 0 aromatic heterocycles. The number of nitrogens with one attached hydrogen (secondary N) is 1. The number of amides is 3. The normalized spacial score (nSPS) is 26.0. The standard InChI is InChI=1S/C21H26ClN7O2/c1-14-13-29-17-18(25(2)21(31)24-19(17)30)23-20(29)28(14)11-8-26-6-9-27(10-7-26)16-5-3-4-15(22)12-16/h3-5,12-13,17-18H,6-11H2,1-2H3,(H,24,30,31). The summed E-state index contributed by atoms with van der Waals surface area (Å²) in [7, 11) is 1.67. The molecule has 4 aliphatic heterocycles. The van der Waals surface area contributed by atoms with Crippen LogP contribution in [0.1, 0.15) is 6.92 Å². The largest absolute Gasteiger partial charge is 0.369 e. The third kappa shape index (κ3) is 3.51. The maximum atomic E-state index is 12.4. The molecule has 10 heteroatoms. The van der Waals surface area contributed by atoms with E-state index in [4.69, 9.17) is 16.6 Å². The van der Waals surface area contributed by atoms with Crippen molar-refractivity contribution in [1.29, 1.82) is 0 Å².